The van der Waals surface area contributed by atoms with Gasteiger partial charge in [-0.15, -0.1) is 6.58 Å². The van der Waals surface area contributed by atoms with Gasteiger partial charge in [0.15, 0.2) is 23.0 Å². The molecule has 0 spiro atoms. The highest BCUT2D eigenvalue weighted by atomic mass is 32.2. The van der Waals surface area contributed by atoms with Crippen molar-refractivity contribution in [2.24, 2.45) is 0 Å². The fourth-order valence-electron chi connectivity index (χ4n) is 3.03. The average Bonchev–Trinajstić information content (AvgIpc) is 3.07. The van der Waals surface area contributed by atoms with Crippen LogP contribution in [0.1, 0.15) is 22.8 Å². The lowest BCUT2D eigenvalue weighted by atomic mass is 10.1. The number of esters is 1. The Balaban J connectivity index is 1.85. The van der Waals surface area contributed by atoms with Gasteiger partial charge in [0.1, 0.15) is 4.32 Å². The van der Waals surface area contributed by atoms with Crippen molar-refractivity contribution >= 4 is 46.3 Å². The number of rotatable bonds is 9. The van der Waals surface area contributed by atoms with Gasteiger partial charge in [0, 0.05) is 6.54 Å². The second-order valence-electron chi connectivity index (χ2n) is 6.68. The van der Waals surface area contributed by atoms with Crippen LogP contribution < -0.4 is 18.9 Å². The highest BCUT2D eigenvalue weighted by molar-refractivity contribution is 8.26. The molecule has 33 heavy (non-hydrogen) atoms. The minimum absolute atomic E-state index is 0.174. The number of carbonyl (C=O) groups excluding carboxylic acids is 2. The number of carbonyl (C=O) groups is 2. The first kappa shape index (κ1) is 24.3. The van der Waals surface area contributed by atoms with E-state index in [9.17, 15) is 9.59 Å². The molecule has 0 bridgehead atoms. The van der Waals surface area contributed by atoms with Gasteiger partial charge < -0.3 is 18.9 Å². The van der Waals surface area contributed by atoms with Crippen LogP contribution in [0.5, 0.6) is 23.0 Å². The lowest BCUT2D eigenvalue weighted by Gasteiger charge is -2.13. The number of ether oxygens (including phenoxy) is 4. The summed E-state index contributed by atoms with van der Waals surface area (Å²) in [6.07, 6.45) is 3.35. The van der Waals surface area contributed by atoms with Gasteiger partial charge in [-0.1, -0.05) is 36.1 Å². The van der Waals surface area contributed by atoms with Gasteiger partial charge in [-0.3, -0.25) is 9.69 Å². The van der Waals surface area contributed by atoms with E-state index >= 15 is 0 Å². The highest BCUT2D eigenvalue weighted by Gasteiger charge is 2.31. The van der Waals surface area contributed by atoms with E-state index in [0.29, 0.717) is 50.8 Å². The molecule has 2 aromatic rings. The van der Waals surface area contributed by atoms with Gasteiger partial charge in [-0.2, -0.15) is 0 Å². The molecule has 1 aliphatic heterocycles. The SMILES string of the molecule is C=CCN1C(=O)C(=Cc2ccc(OC(=O)c3ccc(OC)c(OC)c3)c(OCC)c2)SC1=S. The number of nitrogens with zero attached hydrogens (tertiary/aromatic N) is 1. The number of thiocarbonyl (C=S) groups is 1. The molecule has 1 saturated heterocycles. The summed E-state index contributed by atoms with van der Waals surface area (Å²) in [4.78, 5) is 27.3. The summed E-state index contributed by atoms with van der Waals surface area (Å²) in [6, 6.07) is 9.83. The molecule has 0 aromatic heterocycles. The average molecular weight is 486 g/mol. The summed E-state index contributed by atoms with van der Waals surface area (Å²) < 4.78 is 22.2. The smallest absolute Gasteiger partial charge is 0.343 e. The van der Waals surface area contributed by atoms with Crippen molar-refractivity contribution in [2.45, 2.75) is 6.92 Å². The molecule has 3 rings (SSSR count). The van der Waals surface area contributed by atoms with Crippen LogP contribution in [0, 0.1) is 0 Å². The zero-order chi connectivity index (χ0) is 24.0. The first-order valence-electron chi connectivity index (χ1n) is 9.99. The third-order valence-corrected chi connectivity index (χ3v) is 5.95. The van der Waals surface area contributed by atoms with Crippen molar-refractivity contribution in [1.29, 1.82) is 0 Å². The maximum atomic E-state index is 12.7. The van der Waals surface area contributed by atoms with E-state index in [1.54, 1.807) is 48.6 Å². The number of thioether (sulfide) groups is 1. The number of amides is 1. The molecule has 0 N–H and O–H groups in total. The molecule has 0 unspecified atom stereocenters. The molecule has 1 heterocycles. The summed E-state index contributed by atoms with van der Waals surface area (Å²) in [5, 5.41) is 0. The zero-order valence-corrected chi connectivity index (χ0v) is 20.1. The van der Waals surface area contributed by atoms with E-state index in [4.69, 9.17) is 31.2 Å². The van der Waals surface area contributed by atoms with E-state index in [-0.39, 0.29) is 11.7 Å². The lowest BCUT2D eigenvalue weighted by molar-refractivity contribution is -0.121. The summed E-state index contributed by atoms with van der Waals surface area (Å²) in [6.45, 7) is 6.21. The van der Waals surface area contributed by atoms with Crippen LogP contribution in [-0.2, 0) is 4.79 Å². The highest BCUT2D eigenvalue weighted by Crippen LogP contribution is 2.35. The molecule has 0 radical (unpaired) electrons. The monoisotopic (exact) mass is 485 g/mol. The van der Waals surface area contributed by atoms with Crippen molar-refractivity contribution in [3.05, 3.63) is 65.1 Å². The molecule has 1 aliphatic rings. The predicted molar refractivity (Wildman–Crippen MR) is 132 cm³/mol. The van der Waals surface area contributed by atoms with Crippen LogP contribution in [-0.4, -0.2) is 48.5 Å². The largest absolute Gasteiger partial charge is 0.493 e. The Labute approximate surface area is 202 Å². The Bertz CT molecular complexity index is 1130. The second-order valence-corrected chi connectivity index (χ2v) is 8.36. The fourth-order valence-corrected chi connectivity index (χ4v) is 4.30. The normalized spacial score (nSPS) is 14.4. The number of methoxy groups -OCH3 is 2. The Morgan fingerprint density at radius 2 is 1.82 bits per heavy atom. The van der Waals surface area contributed by atoms with Crippen molar-refractivity contribution < 1.29 is 28.5 Å². The summed E-state index contributed by atoms with van der Waals surface area (Å²) in [5.74, 6) is 0.810. The molecular weight excluding hydrogens is 462 g/mol. The van der Waals surface area contributed by atoms with E-state index < -0.39 is 5.97 Å². The minimum Gasteiger partial charge on any atom is -0.493 e. The van der Waals surface area contributed by atoms with Crippen molar-refractivity contribution in [3.63, 3.8) is 0 Å². The molecule has 0 atom stereocenters. The maximum absolute atomic E-state index is 12.7. The fraction of sp³-hybridized carbons (Fsp3) is 0.208. The quantitative estimate of drug-likeness (QED) is 0.166. The molecule has 1 fully saturated rings. The summed E-state index contributed by atoms with van der Waals surface area (Å²) >= 11 is 6.50. The van der Waals surface area contributed by atoms with E-state index in [1.165, 1.54) is 30.9 Å². The Morgan fingerprint density at radius 3 is 2.48 bits per heavy atom. The van der Waals surface area contributed by atoms with Gasteiger partial charge in [-0.05, 0) is 48.9 Å². The van der Waals surface area contributed by atoms with Crippen molar-refractivity contribution in [3.8, 4) is 23.0 Å². The summed E-state index contributed by atoms with van der Waals surface area (Å²) in [7, 11) is 3.01. The molecule has 7 nitrogen and oxygen atoms in total. The molecule has 172 valence electrons. The summed E-state index contributed by atoms with van der Waals surface area (Å²) in [5.41, 5.74) is 1.01. The number of benzene rings is 2. The van der Waals surface area contributed by atoms with Crippen LogP contribution in [0.3, 0.4) is 0 Å². The van der Waals surface area contributed by atoms with Gasteiger partial charge >= 0.3 is 5.97 Å². The molecular formula is C24H23NO6S2. The zero-order valence-electron chi connectivity index (χ0n) is 18.5. The Hall–Kier alpha value is -3.30. The van der Waals surface area contributed by atoms with Gasteiger partial charge in [0.25, 0.3) is 5.91 Å². The van der Waals surface area contributed by atoms with Crippen molar-refractivity contribution in [1.82, 2.24) is 4.90 Å². The molecule has 2 aromatic carbocycles. The van der Waals surface area contributed by atoms with Crippen LogP contribution in [0.4, 0.5) is 0 Å². The van der Waals surface area contributed by atoms with E-state index in [2.05, 4.69) is 6.58 Å². The topological polar surface area (TPSA) is 74.3 Å². The van der Waals surface area contributed by atoms with Gasteiger partial charge in [-0.25, -0.2) is 4.79 Å². The predicted octanol–water partition coefficient (Wildman–Crippen LogP) is 4.71. The third kappa shape index (κ3) is 5.55. The van der Waals surface area contributed by atoms with Gasteiger partial charge in [0.2, 0.25) is 0 Å². The molecule has 0 aliphatic carbocycles. The first-order chi connectivity index (χ1) is 15.9. The van der Waals surface area contributed by atoms with E-state index in [0.717, 1.165) is 0 Å². The van der Waals surface area contributed by atoms with Crippen LogP contribution in [0.2, 0.25) is 0 Å². The number of hydrogen-bond donors (Lipinski definition) is 0. The standard InChI is InChI=1S/C24H23NO6S2/c1-5-11-25-22(26)21(33-24(25)32)13-15-7-9-18(20(12-15)30-6-2)31-23(27)16-8-10-17(28-3)19(14-16)29-4/h5,7-10,12-14H,1,6,11H2,2-4H3. The Morgan fingerprint density at radius 1 is 1.09 bits per heavy atom. The van der Waals surface area contributed by atoms with E-state index in [1.807, 2.05) is 6.92 Å². The van der Waals surface area contributed by atoms with Gasteiger partial charge in [0.05, 0.1) is 31.3 Å². The van der Waals surface area contributed by atoms with Crippen LogP contribution >= 0.6 is 24.0 Å². The third-order valence-electron chi connectivity index (χ3n) is 4.57. The lowest BCUT2D eigenvalue weighted by Crippen LogP contribution is -2.27. The number of hydrogen-bond acceptors (Lipinski definition) is 8. The van der Waals surface area contributed by atoms with Crippen LogP contribution in [0.15, 0.2) is 54.0 Å². The molecule has 1 amide bonds. The Kier molecular flexibility index (Phi) is 8.13. The van der Waals surface area contributed by atoms with Crippen molar-refractivity contribution in [2.75, 3.05) is 27.4 Å². The molecule has 0 saturated carbocycles. The minimum atomic E-state index is -0.574. The van der Waals surface area contributed by atoms with Crippen LogP contribution in [0.25, 0.3) is 6.08 Å². The maximum Gasteiger partial charge on any atom is 0.343 e. The molecule has 9 heteroatoms. The second kappa shape index (κ2) is 11.0. The first-order valence-corrected chi connectivity index (χ1v) is 11.2.